The van der Waals surface area contributed by atoms with E-state index in [0.29, 0.717) is 12.5 Å². The Morgan fingerprint density at radius 1 is 0.966 bits per heavy atom. The van der Waals surface area contributed by atoms with E-state index in [2.05, 4.69) is 53.5 Å². The molecule has 4 nitrogen and oxygen atoms in total. The van der Waals surface area contributed by atoms with E-state index < -0.39 is 0 Å². The van der Waals surface area contributed by atoms with Gasteiger partial charge in [0, 0.05) is 18.9 Å². The number of aromatic nitrogens is 1. The second-order valence-corrected chi connectivity index (χ2v) is 7.71. The molecular formula is C25H27N3O. The van der Waals surface area contributed by atoms with Crippen molar-refractivity contribution >= 4 is 5.91 Å². The van der Waals surface area contributed by atoms with Gasteiger partial charge in [0.2, 0.25) is 5.91 Å². The van der Waals surface area contributed by atoms with Crippen LogP contribution in [-0.4, -0.2) is 22.3 Å². The summed E-state index contributed by atoms with van der Waals surface area (Å²) in [7, 11) is 0. The highest BCUT2D eigenvalue weighted by molar-refractivity contribution is 5.78. The van der Waals surface area contributed by atoms with Gasteiger partial charge in [-0.1, -0.05) is 54.6 Å². The summed E-state index contributed by atoms with van der Waals surface area (Å²) in [5, 5.41) is 0. The van der Waals surface area contributed by atoms with Gasteiger partial charge in [-0.2, -0.15) is 0 Å². The average Bonchev–Trinajstić information content (AvgIpc) is 2.78. The van der Waals surface area contributed by atoms with Crippen LogP contribution in [0, 0.1) is 5.92 Å². The van der Waals surface area contributed by atoms with Gasteiger partial charge in [0.15, 0.2) is 0 Å². The molecule has 4 heteroatoms. The number of nitrogens with zero attached hydrogens (tertiary/aromatic N) is 2. The number of nitrogens with two attached hydrogens (primary N) is 1. The number of carbonyl (C=O) groups is 1. The Labute approximate surface area is 172 Å². The topological polar surface area (TPSA) is 59.2 Å². The van der Waals surface area contributed by atoms with E-state index in [1.54, 1.807) is 12.4 Å². The molecular weight excluding hydrogens is 358 g/mol. The zero-order chi connectivity index (χ0) is 20.1. The fourth-order valence-corrected chi connectivity index (χ4v) is 4.50. The van der Waals surface area contributed by atoms with Crippen molar-refractivity contribution in [3.8, 4) is 0 Å². The Morgan fingerprint density at radius 2 is 1.69 bits per heavy atom. The van der Waals surface area contributed by atoms with E-state index in [4.69, 9.17) is 5.73 Å². The van der Waals surface area contributed by atoms with Crippen molar-refractivity contribution in [3.63, 3.8) is 0 Å². The summed E-state index contributed by atoms with van der Waals surface area (Å²) in [5.41, 5.74) is 10.8. The molecule has 1 aliphatic carbocycles. The van der Waals surface area contributed by atoms with Gasteiger partial charge >= 0.3 is 0 Å². The van der Waals surface area contributed by atoms with Gasteiger partial charge in [0.1, 0.15) is 0 Å². The first kappa shape index (κ1) is 19.3. The Balaban J connectivity index is 1.73. The van der Waals surface area contributed by atoms with E-state index in [1.165, 1.54) is 16.7 Å². The SMILES string of the molecule is NCC(=O)N(Cc1ccncc1)C1c2ccccc2CCC1Cc1ccccc1. The van der Waals surface area contributed by atoms with Crippen molar-refractivity contribution in [2.45, 2.75) is 31.8 Å². The van der Waals surface area contributed by atoms with E-state index in [0.717, 1.165) is 24.8 Å². The largest absolute Gasteiger partial charge is 0.330 e. The normalized spacial score (nSPS) is 18.1. The molecule has 2 atom stereocenters. The molecule has 0 radical (unpaired) electrons. The van der Waals surface area contributed by atoms with Crippen LogP contribution in [0.5, 0.6) is 0 Å². The van der Waals surface area contributed by atoms with Crippen LogP contribution in [0.1, 0.15) is 34.7 Å². The lowest BCUT2D eigenvalue weighted by Gasteiger charge is -2.41. The monoisotopic (exact) mass is 385 g/mol. The average molecular weight is 386 g/mol. The van der Waals surface area contributed by atoms with Crippen LogP contribution in [0.4, 0.5) is 0 Å². The maximum atomic E-state index is 13.0. The highest BCUT2D eigenvalue weighted by Gasteiger charge is 2.35. The van der Waals surface area contributed by atoms with E-state index in [9.17, 15) is 4.79 Å². The van der Waals surface area contributed by atoms with Gasteiger partial charge in [-0.3, -0.25) is 9.78 Å². The predicted molar refractivity (Wildman–Crippen MR) is 115 cm³/mol. The molecule has 148 valence electrons. The first-order chi connectivity index (χ1) is 14.3. The maximum absolute atomic E-state index is 13.0. The fourth-order valence-electron chi connectivity index (χ4n) is 4.50. The summed E-state index contributed by atoms with van der Waals surface area (Å²) in [6, 6.07) is 23.1. The van der Waals surface area contributed by atoms with Crippen LogP contribution in [-0.2, 0) is 24.2 Å². The summed E-state index contributed by atoms with van der Waals surface area (Å²) >= 11 is 0. The van der Waals surface area contributed by atoms with Gasteiger partial charge in [-0.15, -0.1) is 0 Å². The van der Waals surface area contributed by atoms with Gasteiger partial charge in [-0.05, 0) is 59.6 Å². The minimum absolute atomic E-state index is 0.0124. The second kappa shape index (κ2) is 9.01. The van der Waals surface area contributed by atoms with Crippen molar-refractivity contribution in [2.75, 3.05) is 6.54 Å². The summed E-state index contributed by atoms with van der Waals surface area (Å²) in [6.45, 7) is 0.560. The third-order valence-corrected chi connectivity index (χ3v) is 5.88. The number of pyridine rings is 1. The minimum atomic E-state index is -0.0124. The van der Waals surface area contributed by atoms with Crippen LogP contribution in [0.2, 0.25) is 0 Å². The molecule has 0 fully saturated rings. The molecule has 1 aromatic heterocycles. The van der Waals surface area contributed by atoms with Crippen LogP contribution in [0.3, 0.4) is 0 Å². The van der Waals surface area contributed by atoms with Crippen molar-refractivity contribution in [3.05, 3.63) is 101 Å². The molecule has 2 N–H and O–H groups in total. The number of rotatable bonds is 6. The van der Waals surface area contributed by atoms with Crippen LogP contribution in [0.15, 0.2) is 79.1 Å². The molecule has 0 saturated heterocycles. The number of benzene rings is 2. The second-order valence-electron chi connectivity index (χ2n) is 7.71. The van der Waals surface area contributed by atoms with Gasteiger partial charge in [0.05, 0.1) is 12.6 Å². The molecule has 0 spiro atoms. The lowest BCUT2D eigenvalue weighted by atomic mass is 9.76. The summed E-state index contributed by atoms with van der Waals surface area (Å²) < 4.78 is 0. The molecule has 2 aromatic carbocycles. The van der Waals surface area contributed by atoms with E-state index in [1.807, 2.05) is 23.1 Å². The number of hydrogen-bond donors (Lipinski definition) is 1. The summed E-state index contributed by atoms with van der Waals surface area (Å²) in [5.74, 6) is 0.339. The molecule has 0 saturated carbocycles. The first-order valence-corrected chi connectivity index (χ1v) is 10.3. The number of fused-ring (bicyclic) bond motifs is 1. The zero-order valence-electron chi connectivity index (χ0n) is 16.6. The number of amides is 1. The van der Waals surface area contributed by atoms with Crippen molar-refractivity contribution in [2.24, 2.45) is 11.7 Å². The van der Waals surface area contributed by atoms with Gasteiger partial charge < -0.3 is 10.6 Å². The maximum Gasteiger partial charge on any atom is 0.237 e. The third-order valence-electron chi connectivity index (χ3n) is 5.88. The molecule has 3 aromatic rings. The predicted octanol–water partition coefficient (Wildman–Crippen LogP) is 3.92. The molecule has 1 heterocycles. The third kappa shape index (κ3) is 4.38. The van der Waals surface area contributed by atoms with Crippen molar-refractivity contribution in [1.29, 1.82) is 0 Å². The lowest BCUT2D eigenvalue weighted by Crippen LogP contribution is -2.43. The molecule has 0 aliphatic heterocycles. The van der Waals surface area contributed by atoms with Crippen molar-refractivity contribution in [1.82, 2.24) is 9.88 Å². The number of aryl methyl sites for hydroxylation is 1. The Hall–Kier alpha value is -2.98. The lowest BCUT2D eigenvalue weighted by molar-refractivity contribution is -0.134. The van der Waals surface area contributed by atoms with Gasteiger partial charge in [0.25, 0.3) is 0 Å². The highest BCUT2D eigenvalue weighted by atomic mass is 16.2. The Bertz CT molecular complexity index is 943. The Morgan fingerprint density at radius 3 is 2.45 bits per heavy atom. The van der Waals surface area contributed by atoms with Crippen LogP contribution < -0.4 is 5.73 Å². The number of carbonyl (C=O) groups excluding carboxylic acids is 1. The smallest absolute Gasteiger partial charge is 0.237 e. The number of hydrogen-bond acceptors (Lipinski definition) is 3. The van der Waals surface area contributed by atoms with Gasteiger partial charge in [-0.25, -0.2) is 0 Å². The van der Waals surface area contributed by atoms with Crippen LogP contribution >= 0.6 is 0 Å². The molecule has 1 aliphatic rings. The molecule has 4 rings (SSSR count). The van der Waals surface area contributed by atoms with Crippen molar-refractivity contribution < 1.29 is 4.79 Å². The molecule has 1 amide bonds. The summed E-state index contributed by atoms with van der Waals surface area (Å²) in [6.07, 6.45) is 6.60. The minimum Gasteiger partial charge on any atom is -0.330 e. The van der Waals surface area contributed by atoms with E-state index in [-0.39, 0.29) is 18.5 Å². The molecule has 2 unspecified atom stereocenters. The first-order valence-electron chi connectivity index (χ1n) is 10.3. The zero-order valence-corrected chi connectivity index (χ0v) is 16.6. The fraction of sp³-hybridized carbons (Fsp3) is 0.280. The molecule has 0 bridgehead atoms. The molecule has 29 heavy (non-hydrogen) atoms. The standard InChI is InChI=1S/C25H27N3O/c26-17-24(29)28(18-20-12-14-27-15-13-20)25-22(16-19-6-2-1-3-7-19)11-10-21-8-4-5-9-23(21)25/h1-9,12-15,22,25H,10-11,16-18,26H2. The highest BCUT2D eigenvalue weighted by Crippen LogP contribution is 2.41. The quantitative estimate of drug-likeness (QED) is 0.700. The summed E-state index contributed by atoms with van der Waals surface area (Å²) in [4.78, 5) is 19.1. The van der Waals surface area contributed by atoms with Crippen LogP contribution in [0.25, 0.3) is 0 Å². The van der Waals surface area contributed by atoms with E-state index >= 15 is 0 Å². The Kier molecular flexibility index (Phi) is 6.01.